The number of hydrogen-bond acceptors (Lipinski definition) is 4. The van der Waals surface area contributed by atoms with Gasteiger partial charge in [0.15, 0.2) is 11.6 Å². The molecule has 0 bridgehead atoms. The highest BCUT2D eigenvalue weighted by molar-refractivity contribution is 6.10. The molecule has 4 nitrogen and oxygen atoms in total. The molecule has 4 aromatic carbocycles. The van der Waals surface area contributed by atoms with Crippen molar-refractivity contribution in [3.05, 3.63) is 83.9 Å². The van der Waals surface area contributed by atoms with E-state index in [-0.39, 0.29) is 30.2 Å². The molecule has 2 aliphatic carbocycles. The molecule has 1 heterocycles. The number of benzene rings is 4. The second kappa shape index (κ2) is 11.0. The van der Waals surface area contributed by atoms with E-state index in [0.717, 1.165) is 107 Å². The Labute approximate surface area is 240 Å². The lowest BCUT2D eigenvalue weighted by Crippen LogP contribution is -2.06. The Hall–Kier alpha value is -4.18. The summed E-state index contributed by atoms with van der Waals surface area (Å²) in [7, 11) is 0. The summed E-state index contributed by atoms with van der Waals surface area (Å²) in [5, 5.41) is 4.31. The lowest BCUT2D eigenvalue weighted by Gasteiger charge is -2.14. The Morgan fingerprint density at radius 2 is 1.02 bits per heavy atom. The molecule has 0 amide bonds. The number of carbonyl (C=O) groups excluding carboxylic acids is 2. The van der Waals surface area contributed by atoms with Gasteiger partial charge in [0, 0.05) is 23.0 Å². The van der Waals surface area contributed by atoms with Crippen LogP contribution >= 0.6 is 0 Å². The first-order valence-corrected chi connectivity index (χ1v) is 15.0. The highest BCUT2D eigenvalue weighted by Crippen LogP contribution is 2.47. The highest BCUT2D eigenvalue weighted by atomic mass is 16.7. The van der Waals surface area contributed by atoms with Gasteiger partial charge in [-0.3, -0.25) is 9.59 Å². The normalized spacial score (nSPS) is 17.6. The van der Waals surface area contributed by atoms with Crippen LogP contribution < -0.4 is 9.47 Å². The topological polar surface area (TPSA) is 52.6 Å². The molecule has 0 N–H and O–H groups in total. The third-order valence-electron chi connectivity index (χ3n) is 9.09. The maximum Gasteiger partial charge on any atom is 0.230 e. The van der Waals surface area contributed by atoms with Gasteiger partial charge in [-0.1, -0.05) is 74.2 Å². The first-order valence-electron chi connectivity index (χ1n) is 15.0. The zero-order valence-electron chi connectivity index (χ0n) is 23.2. The third-order valence-corrected chi connectivity index (χ3v) is 9.09. The Kier molecular flexibility index (Phi) is 6.92. The second-order valence-corrected chi connectivity index (χ2v) is 11.7. The van der Waals surface area contributed by atoms with Crippen molar-refractivity contribution in [1.82, 2.24) is 0 Å². The van der Waals surface area contributed by atoms with Crippen LogP contribution in [0.25, 0.3) is 44.8 Å². The predicted molar refractivity (Wildman–Crippen MR) is 165 cm³/mol. The molecule has 1 aliphatic heterocycles. The van der Waals surface area contributed by atoms with Crippen LogP contribution in [0.5, 0.6) is 11.5 Å². The van der Waals surface area contributed by atoms with Crippen molar-refractivity contribution in [3.8, 4) is 22.6 Å². The van der Waals surface area contributed by atoms with E-state index in [4.69, 9.17) is 9.47 Å². The van der Waals surface area contributed by atoms with E-state index in [1.807, 2.05) is 24.3 Å². The Morgan fingerprint density at radius 1 is 0.585 bits per heavy atom. The summed E-state index contributed by atoms with van der Waals surface area (Å²) < 4.78 is 12.1. The quantitative estimate of drug-likeness (QED) is 0.228. The van der Waals surface area contributed by atoms with E-state index in [2.05, 4.69) is 48.5 Å². The van der Waals surface area contributed by atoms with Crippen molar-refractivity contribution < 1.29 is 19.1 Å². The SMILES string of the molecule is O=C(/C=C/c1ccc2c3c(ccc2c1)OCOc1ccc2cc(/C=C/C(=O)C4CCCC4)ccc2c1-3)C1CCCC1. The molecule has 7 rings (SSSR count). The lowest BCUT2D eigenvalue weighted by molar-refractivity contribution is -0.118. The van der Waals surface area contributed by atoms with Gasteiger partial charge in [-0.15, -0.1) is 0 Å². The van der Waals surface area contributed by atoms with E-state index >= 15 is 0 Å². The number of ketones is 2. The minimum absolute atomic E-state index is 0.144. The Morgan fingerprint density at radius 3 is 1.46 bits per heavy atom. The average Bonchev–Trinajstić information content (AvgIpc) is 3.71. The van der Waals surface area contributed by atoms with Crippen molar-refractivity contribution in [1.29, 1.82) is 0 Å². The minimum atomic E-state index is 0.144. The van der Waals surface area contributed by atoms with E-state index in [0.29, 0.717) is 0 Å². The summed E-state index contributed by atoms with van der Waals surface area (Å²) in [5.74, 6) is 2.44. The third kappa shape index (κ3) is 5.08. The monoisotopic (exact) mass is 542 g/mol. The average molecular weight is 543 g/mol. The standard InChI is InChI=1S/C37H34O4/c38-32(26-5-1-2-6-26)17-11-24-9-15-30-28(21-24)13-19-34-36(30)37-31-16-10-25(12-18-33(39)27-7-3-4-8-27)22-29(31)14-20-35(37)41-23-40-34/h9-22,26-27H,1-8,23H2/b17-11+,18-12+. The number of rotatable bonds is 6. The fourth-order valence-electron chi connectivity index (χ4n) is 6.83. The summed E-state index contributed by atoms with van der Waals surface area (Å²) in [6.07, 6.45) is 16.1. The van der Waals surface area contributed by atoms with Gasteiger partial charge in [0.2, 0.25) is 6.79 Å². The van der Waals surface area contributed by atoms with Crippen LogP contribution in [0.4, 0.5) is 0 Å². The fourth-order valence-corrected chi connectivity index (χ4v) is 6.83. The van der Waals surface area contributed by atoms with Gasteiger partial charge < -0.3 is 9.47 Å². The number of fused-ring (bicyclic) bond motifs is 7. The molecule has 2 saturated carbocycles. The van der Waals surface area contributed by atoms with Gasteiger partial charge in [0.1, 0.15) is 11.5 Å². The van der Waals surface area contributed by atoms with Crippen LogP contribution in [0.3, 0.4) is 0 Å². The summed E-state index contributed by atoms with van der Waals surface area (Å²) in [6, 6.07) is 20.8. The lowest BCUT2D eigenvalue weighted by atomic mass is 9.91. The van der Waals surface area contributed by atoms with Gasteiger partial charge in [-0.2, -0.15) is 0 Å². The van der Waals surface area contributed by atoms with Crippen molar-refractivity contribution in [2.75, 3.05) is 6.79 Å². The summed E-state index contributed by atoms with van der Waals surface area (Å²) in [5.41, 5.74) is 4.04. The molecule has 0 atom stereocenters. The molecule has 3 aliphatic rings. The highest BCUT2D eigenvalue weighted by Gasteiger charge is 2.23. The number of ether oxygens (including phenoxy) is 2. The molecule has 2 fully saturated rings. The zero-order valence-corrected chi connectivity index (χ0v) is 23.2. The van der Waals surface area contributed by atoms with Crippen LogP contribution in [0.1, 0.15) is 62.5 Å². The van der Waals surface area contributed by atoms with E-state index < -0.39 is 0 Å². The van der Waals surface area contributed by atoms with Crippen LogP contribution in [0.15, 0.2) is 72.8 Å². The predicted octanol–water partition coefficient (Wildman–Crippen LogP) is 8.93. The van der Waals surface area contributed by atoms with E-state index in [1.54, 1.807) is 12.2 Å². The number of allylic oxidation sites excluding steroid dienone is 2. The number of carbonyl (C=O) groups is 2. The molecule has 0 unspecified atom stereocenters. The minimum Gasteiger partial charge on any atom is -0.457 e. The fraction of sp³-hybridized carbons (Fsp3) is 0.297. The molecule has 4 heteroatoms. The maximum atomic E-state index is 12.6. The maximum absolute atomic E-state index is 12.6. The Balaban J connectivity index is 1.26. The van der Waals surface area contributed by atoms with Crippen LogP contribution in [-0.2, 0) is 9.59 Å². The molecule has 0 spiro atoms. The molecule has 206 valence electrons. The molecule has 0 radical (unpaired) electrons. The van der Waals surface area contributed by atoms with Gasteiger partial charge in [-0.25, -0.2) is 0 Å². The van der Waals surface area contributed by atoms with Crippen LogP contribution in [-0.4, -0.2) is 18.4 Å². The van der Waals surface area contributed by atoms with Crippen molar-refractivity contribution in [2.24, 2.45) is 11.8 Å². The first-order chi connectivity index (χ1) is 20.1. The molecule has 4 aromatic rings. The largest absolute Gasteiger partial charge is 0.457 e. The Bertz CT molecular complexity index is 1590. The zero-order chi connectivity index (χ0) is 27.8. The molecular formula is C37H34O4. The second-order valence-electron chi connectivity index (χ2n) is 11.7. The van der Waals surface area contributed by atoms with E-state index in [9.17, 15) is 9.59 Å². The van der Waals surface area contributed by atoms with Gasteiger partial charge in [-0.05, 0) is 94.8 Å². The van der Waals surface area contributed by atoms with Crippen molar-refractivity contribution >= 4 is 45.3 Å². The molecule has 0 aromatic heterocycles. The van der Waals surface area contributed by atoms with E-state index in [1.165, 1.54) is 0 Å². The van der Waals surface area contributed by atoms with Gasteiger partial charge >= 0.3 is 0 Å². The van der Waals surface area contributed by atoms with Gasteiger partial charge in [0.25, 0.3) is 0 Å². The molecule has 0 saturated heterocycles. The summed E-state index contributed by atoms with van der Waals surface area (Å²) in [6.45, 7) is 0.144. The van der Waals surface area contributed by atoms with Gasteiger partial charge in [0.05, 0.1) is 0 Å². The summed E-state index contributed by atoms with van der Waals surface area (Å²) >= 11 is 0. The van der Waals surface area contributed by atoms with Crippen LogP contribution in [0, 0.1) is 11.8 Å². The first kappa shape index (κ1) is 25.8. The number of hydrogen-bond donors (Lipinski definition) is 0. The molecule has 41 heavy (non-hydrogen) atoms. The molecular weight excluding hydrogens is 508 g/mol. The smallest absolute Gasteiger partial charge is 0.230 e. The van der Waals surface area contributed by atoms with Crippen molar-refractivity contribution in [3.63, 3.8) is 0 Å². The van der Waals surface area contributed by atoms with Crippen LogP contribution in [0.2, 0.25) is 0 Å². The summed E-state index contributed by atoms with van der Waals surface area (Å²) in [4.78, 5) is 25.2. The van der Waals surface area contributed by atoms with Crippen molar-refractivity contribution in [2.45, 2.75) is 51.4 Å².